The lowest BCUT2D eigenvalue weighted by atomic mass is 10.1. The Bertz CT molecular complexity index is 2840. The fourth-order valence-electron chi connectivity index (χ4n) is 7.54. The van der Waals surface area contributed by atoms with E-state index in [1.807, 2.05) is 18.2 Å². The largest absolute Gasteiger partial charge is 0.315 e. The number of hydrogen-bond acceptors (Lipinski definition) is 3. The zero-order valence-electron chi connectivity index (χ0n) is 28.4. The predicted octanol–water partition coefficient (Wildman–Crippen LogP) is 11.6. The van der Waals surface area contributed by atoms with Crippen LogP contribution in [0.15, 0.2) is 176 Å². The second kappa shape index (κ2) is 12.5. The van der Waals surface area contributed by atoms with E-state index in [1.54, 1.807) is 0 Å². The summed E-state index contributed by atoms with van der Waals surface area (Å²) in [7, 11) is 0. The van der Waals surface area contributed by atoms with Gasteiger partial charge in [-0.05, 0) is 60.4 Å². The normalized spacial score (nSPS) is 12.9. The second-order valence-corrected chi connectivity index (χ2v) is 13.2. The molecule has 0 saturated heterocycles. The molecular formula is C47H33N5. The van der Waals surface area contributed by atoms with E-state index in [2.05, 4.69) is 167 Å². The minimum atomic E-state index is 0.651. The van der Waals surface area contributed by atoms with E-state index in [4.69, 9.17) is 15.0 Å². The van der Waals surface area contributed by atoms with Crippen molar-refractivity contribution < 1.29 is 0 Å². The Labute approximate surface area is 301 Å². The number of para-hydroxylation sites is 1. The van der Waals surface area contributed by atoms with Gasteiger partial charge in [0.05, 0.1) is 16.6 Å². The van der Waals surface area contributed by atoms with Crippen LogP contribution in [-0.4, -0.2) is 24.1 Å². The number of nitrogens with zero attached hydrogens (tertiary/aromatic N) is 5. The van der Waals surface area contributed by atoms with Gasteiger partial charge in [-0.15, -0.1) is 0 Å². The van der Waals surface area contributed by atoms with E-state index in [1.165, 1.54) is 27.3 Å². The number of rotatable bonds is 6. The first-order chi connectivity index (χ1) is 25.8. The lowest BCUT2D eigenvalue weighted by Gasteiger charge is -2.14. The summed E-state index contributed by atoms with van der Waals surface area (Å²) in [6.45, 7) is 0. The van der Waals surface area contributed by atoms with Crippen LogP contribution in [0.2, 0.25) is 0 Å². The third-order valence-electron chi connectivity index (χ3n) is 10.00. The quantitative estimate of drug-likeness (QED) is 0.177. The first-order valence-corrected chi connectivity index (χ1v) is 17.8. The molecule has 9 aromatic rings. The molecule has 0 atom stereocenters. The first-order valence-electron chi connectivity index (χ1n) is 17.8. The van der Waals surface area contributed by atoms with Crippen molar-refractivity contribution in [3.63, 3.8) is 0 Å². The van der Waals surface area contributed by atoms with Crippen LogP contribution in [0.1, 0.15) is 18.7 Å². The maximum Gasteiger partial charge on any atom is 0.164 e. The van der Waals surface area contributed by atoms with Crippen molar-refractivity contribution in [3.8, 4) is 45.3 Å². The molecule has 0 fully saturated rings. The van der Waals surface area contributed by atoms with Crippen molar-refractivity contribution in [2.24, 2.45) is 0 Å². The molecule has 3 aromatic heterocycles. The van der Waals surface area contributed by atoms with Crippen molar-refractivity contribution in [2.75, 3.05) is 0 Å². The molecule has 5 heteroatoms. The lowest BCUT2D eigenvalue weighted by molar-refractivity contribution is 1.01. The Morgan fingerprint density at radius 2 is 1.13 bits per heavy atom. The number of hydrogen-bond donors (Lipinski definition) is 0. The van der Waals surface area contributed by atoms with Gasteiger partial charge < -0.3 is 9.13 Å². The van der Waals surface area contributed by atoms with Crippen molar-refractivity contribution in [1.29, 1.82) is 0 Å². The minimum absolute atomic E-state index is 0.651. The van der Waals surface area contributed by atoms with E-state index in [-0.39, 0.29) is 0 Å². The highest BCUT2D eigenvalue weighted by atomic mass is 15.0. The molecule has 1 aliphatic carbocycles. The summed E-state index contributed by atoms with van der Waals surface area (Å²) in [4.78, 5) is 15.1. The maximum atomic E-state index is 5.07. The standard InChI is InChI=1S/C47H33N5/c1-4-14-32(15-5-1)36-20-12-22-38(30-36)51-29-28-33-26-27-41-40-24-10-11-25-42(40)52(44(41)43(33)51)39-23-13-21-37(31-39)47-49-45(34-16-6-2-7-17-34)48-46(50-47)35-18-8-3-9-19-35/h1-2,4-8,10-31H,3,9H2. The van der Waals surface area contributed by atoms with E-state index in [0.29, 0.717) is 17.5 Å². The molecule has 0 unspecified atom stereocenters. The zero-order valence-corrected chi connectivity index (χ0v) is 28.4. The molecule has 5 nitrogen and oxygen atoms in total. The summed E-state index contributed by atoms with van der Waals surface area (Å²) in [6, 6.07) is 53.6. The SMILES string of the molecule is C1=CC(c2nc(-c3ccccc3)nc(-c3cccc(-n4c5ccccc5c5ccc6ccn(-c7cccc(-c8ccccc8)c7)c6c54)c3)n2)=CCC1. The minimum Gasteiger partial charge on any atom is -0.315 e. The summed E-state index contributed by atoms with van der Waals surface area (Å²) < 4.78 is 4.74. The molecule has 0 radical (unpaired) electrons. The van der Waals surface area contributed by atoms with Crippen LogP contribution in [0.25, 0.3) is 83.6 Å². The van der Waals surface area contributed by atoms with Gasteiger partial charge in [-0.2, -0.15) is 0 Å². The van der Waals surface area contributed by atoms with Crippen LogP contribution in [-0.2, 0) is 0 Å². The van der Waals surface area contributed by atoms with Crippen LogP contribution in [0, 0.1) is 0 Å². The van der Waals surface area contributed by atoms with Gasteiger partial charge in [0.1, 0.15) is 0 Å². The Balaban J connectivity index is 1.19. The molecule has 3 heterocycles. The average Bonchev–Trinajstić information content (AvgIpc) is 3.81. The number of allylic oxidation sites excluding steroid dienone is 4. The summed E-state index contributed by atoms with van der Waals surface area (Å²) in [6.07, 6.45) is 10.7. The number of benzene rings is 6. The smallest absolute Gasteiger partial charge is 0.164 e. The molecule has 52 heavy (non-hydrogen) atoms. The molecule has 0 aliphatic heterocycles. The monoisotopic (exact) mass is 667 g/mol. The third kappa shape index (κ3) is 5.14. The highest BCUT2D eigenvalue weighted by Crippen LogP contribution is 2.39. The van der Waals surface area contributed by atoms with Gasteiger partial charge >= 0.3 is 0 Å². The molecule has 10 rings (SSSR count). The van der Waals surface area contributed by atoms with Crippen molar-refractivity contribution in [2.45, 2.75) is 12.8 Å². The Hall–Kier alpha value is -6.85. The van der Waals surface area contributed by atoms with Gasteiger partial charge in [0.25, 0.3) is 0 Å². The van der Waals surface area contributed by atoms with E-state index < -0.39 is 0 Å². The third-order valence-corrected chi connectivity index (χ3v) is 10.00. The summed E-state index contributed by atoms with van der Waals surface area (Å²) >= 11 is 0. The highest BCUT2D eigenvalue weighted by molar-refractivity contribution is 6.18. The fourth-order valence-corrected chi connectivity index (χ4v) is 7.54. The van der Waals surface area contributed by atoms with Gasteiger partial charge in [-0.1, -0.05) is 133 Å². The van der Waals surface area contributed by atoms with Gasteiger partial charge in [0, 0.05) is 50.4 Å². The first kappa shape index (κ1) is 30.0. The molecule has 0 saturated carbocycles. The van der Waals surface area contributed by atoms with Crippen LogP contribution < -0.4 is 0 Å². The summed E-state index contributed by atoms with van der Waals surface area (Å²) in [5, 5.41) is 3.60. The second-order valence-electron chi connectivity index (χ2n) is 13.2. The summed E-state index contributed by atoms with van der Waals surface area (Å²) in [5.41, 5.74) is 10.9. The maximum absolute atomic E-state index is 5.07. The molecule has 0 N–H and O–H groups in total. The van der Waals surface area contributed by atoms with Crippen molar-refractivity contribution in [1.82, 2.24) is 24.1 Å². The molecule has 0 amide bonds. The van der Waals surface area contributed by atoms with Crippen molar-refractivity contribution in [3.05, 3.63) is 182 Å². The average molecular weight is 668 g/mol. The van der Waals surface area contributed by atoms with Crippen LogP contribution in [0.5, 0.6) is 0 Å². The van der Waals surface area contributed by atoms with Gasteiger partial charge in [-0.25, -0.2) is 15.0 Å². The van der Waals surface area contributed by atoms with Gasteiger partial charge in [-0.3, -0.25) is 0 Å². The van der Waals surface area contributed by atoms with Crippen LogP contribution in [0.3, 0.4) is 0 Å². The number of aromatic nitrogens is 5. The van der Waals surface area contributed by atoms with Gasteiger partial charge in [0.2, 0.25) is 0 Å². The van der Waals surface area contributed by atoms with E-state index in [9.17, 15) is 0 Å². The van der Waals surface area contributed by atoms with Crippen LogP contribution in [0.4, 0.5) is 0 Å². The molecule has 246 valence electrons. The number of fused-ring (bicyclic) bond motifs is 5. The van der Waals surface area contributed by atoms with E-state index >= 15 is 0 Å². The topological polar surface area (TPSA) is 48.5 Å². The zero-order chi connectivity index (χ0) is 34.4. The molecule has 6 aromatic carbocycles. The lowest BCUT2D eigenvalue weighted by Crippen LogP contribution is -2.03. The Morgan fingerprint density at radius 3 is 1.94 bits per heavy atom. The van der Waals surface area contributed by atoms with E-state index in [0.717, 1.165) is 57.5 Å². The molecule has 0 spiro atoms. The fraction of sp³-hybridized carbons (Fsp3) is 0.0426. The summed E-state index contributed by atoms with van der Waals surface area (Å²) in [5.74, 6) is 2.01. The Kier molecular flexibility index (Phi) is 7.21. The molecule has 1 aliphatic rings. The molecular weight excluding hydrogens is 635 g/mol. The van der Waals surface area contributed by atoms with Gasteiger partial charge in [0.15, 0.2) is 17.5 Å². The van der Waals surface area contributed by atoms with Crippen LogP contribution >= 0.6 is 0 Å². The molecule has 0 bridgehead atoms. The highest BCUT2D eigenvalue weighted by Gasteiger charge is 2.19. The van der Waals surface area contributed by atoms with Crippen molar-refractivity contribution >= 4 is 38.3 Å². The Morgan fingerprint density at radius 1 is 0.462 bits per heavy atom. The predicted molar refractivity (Wildman–Crippen MR) is 214 cm³/mol.